The lowest BCUT2D eigenvalue weighted by atomic mass is 10.3. The molecule has 6 nitrogen and oxygen atoms in total. The summed E-state index contributed by atoms with van der Waals surface area (Å²) in [6.07, 6.45) is 0. The van der Waals surface area contributed by atoms with Crippen LogP contribution in [0.15, 0.2) is 62.9 Å². The number of aromatic nitrogens is 4. The van der Waals surface area contributed by atoms with E-state index < -0.39 is 0 Å². The lowest BCUT2D eigenvalue weighted by molar-refractivity contribution is 0.514. The second-order valence-corrected chi connectivity index (χ2v) is 7.58. The first-order valence-corrected chi connectivity index (χ1v) is 9.55. The van der Waals surface area contributed by atoms with E-state index in [9.17, 15) is 4.79 Å². The lowest BCUT2D eigenvalue weighted by Gasteiger charge is -2.01. The number of oxazole rings is 1. The molecule has 0 aliphatic heterocycles. The molecular weight excluding hydrogens is 356 g/mol. The van der Waals surface area contributed by atoms with Crippen molar-refractivity contribution in [2.75, 3.05) is 5.75 Å². The van der Waals surface area contributed by atoms with Gasteiger partial charge in [0, 0.05) is 12.3 Å². The molecule has 5 rings (SSSR count). The summed E-state index contributed by atoms with van der Waals surface area (Å²) in [7, 11) is 0. The zero-order chi connectivity index (χ0) is 16.8. The zero-order valence-corrected chi connectivity index (χ0v) is 14.6. The van der Waals surface area contributed by atoms with Crippen molar-refractivity contribution in [1.82, 2.24) is 19.2 Å². The van der Waals surface area contributed by atoms with Crippen molar-refractivity contribution in [3.63, 3.8) is 0 Å². The van der Waals surface area contributed by atoms with Gasteiger partial charge in [0.15, 0.2) is 10.7 Å². The van der Waals surface area contributed by atoms with E-state index in [0.29, 0.717) is 17.9 Å². The van der Waals surface area contributed by atoms with Gasteiger partial charge < -0.3 is 4.42 Å². The molecule has 0 amide bonds. The molecule has 0 saturated heterocycles. The Morgan fingerprint density at radius 3 is 2.76 bits per heavy atom. The maximum absolute atomic E-state index is 12.0. The molecule has 25 heavy (non-hydrogen) atoms. The Labute approximate surface area is 149 Å². The first-order valence-electron chi connectivity index (χ1n) is 7.75. The van der Waals surface area contributed by atoms with Gasteiger partial charge in [-0.3, -0.25) is 8.97 Å². The Balaban J connectivity index is 1.44. The molecule has 3 aromatic heterocycles. The van der Waals surface area contributed by atoms with Gasteiger partial charge >= 0.3 is 5.76 Å². The number of hydrogen-bond donors (Lipinski definition) is 0. The highest BCUT2D eigenvalue weighted by atomic mass is 32.2. The Morgan fingerprint density at radius 1 is 1.04 bits per heavy atom. The molecule has 0 unspecified atom stereocenters. The average Bonchev–Trinajstić information content (AvgIpc) is 3.27. The Morgan fingerprint density at radius 2 is 1.84 bits per heavy atom. The van der Waals surface area contributed by atoms with Crippen LogP contribution in [-0.2, 0) is 6.54 Å². The summed E-state index contributed by atoms with van der Waals surface area (Å²) in [6.45, 7) is 0.553. The predicted octanol–water partition coefficient (Wildman–Crippen LogP) is 3.64. The maximum atomic E-state index is 12.0. The van der Waals surface area contributed by atoms with Crippen LogP contribution in [0.25, 0.3) is 26.3 Å². The lowest BCUT2D eigenvalue weighted by Crippen LogP contribution is -2.15. The number of thioether (sulfide) groups is 1. The van der Waals surface area contributed by atoms with Gasteiger partial charge in [0.2, 0.25) is 4.96 Å². The van der Waals surface area contributed by atoms with E-state index in [2.05, 4.69) is 26.7 Å². The number of rotatable bonds is 4. The highest BCUT2D eigenvalue weighted by molar-refractivity contribution is 7.99. The highest BCUT2D eigenvalue weighted by Gasteiger charge is 2.13. The molecule has 3 heterocycles. The van der Waals surface area contributed by atoms with E-state index >= 15 is 0 Å². The molecule has 0 spiro atoms. The smallest absolute Gasteiger partial charge is 0.408 e. The van der Waals surface area contributed by atoms with Crippen molar-refractivity contribution in [1.29, 1.82) is 0 Å². The van der Waals surface area contributed by atoms with Gasteiger partial charge in [0.25, 0.3) is 0 Å². The second-order valence-electron chi connectivity index (χ2n) is 5.51. The van der Waals surface area contributed by atoms with E-state index in [0.717, 1.165) is 21.2 Å². The first-order chi connectivity index (χ1) is 12.3. The number of nitrogens with zero attached hydrogens (tertiary/aromatic N) is 4. The standard InChI is InChI=1S/C17H12N4O2S2/c22-17-20(11-5-1-3-7-13(11)23-17)9-10-24-15-18-19-16-21(15)12-6-2-4-8-14(12)25-16/h1-8H,9-10H2. The van der Waals surface area contributed by atoms with Crippen molar-refractivity contribution in [2.24, 2.45) is 0 Å². The molecule has 124 valence electrons. The number of para-hydroxylation sites is 3. The number of fused-ring (bicyclic) bond motifs is 4. The number of aryl methyl sites for hydroxylation is 1. The summed E-state index contributed by atoms with van der Waals surface area (Å²) >= 11 is 3.21. The maximum Gasteiger partial charge on any atom is 0.419 e. The fourth-order valence-corrected chi connectivity index (χ4v) is 4.79. The van der Waals surface area contributed by atoms with Gasteiger partial charge in [-0.05, 0) is 24.3 Å². The van der Waals surface area contributed by atoms with Crippen LogP contribution in [-0.4, -0.2) is 24.9 Å². The summed E-state index contributed by atoms with van der Waals surface area (Å²) < 4.78 is 10.2. The molecule has 0 radical (unpaired) electrons. The molecule has 0 aliphatic carbocycles. The van der Waals surface area contributed by atoms with Crippen LogP contribution in [0.5, 0.6) is 0 Å². The number of thiazole rings is 1. The second kappa shape index (κ2) is 5.75. The van der Waals surface area contributed by atoms with Crippen molar-refractivity contribution in [3.05, 3.63) is 59.1 Å². The van der Waals surface area contributed by atoms with Crippen molar-refractivity contribution in [3.8, 4) is 0 Å². The van der Waals surface area contributed by atoms with Crippen LogP contribution in [0.3, 0.4) is 0 Å². The van der Waals surface area contributed by atoms with Crippen molar-refractivity contribution in [2.45, 2.75) is 11.7 Å². The summed E-state index contributed by atoms with van der Waals surface area (Å²) in [5.74, 6) is 0.378. The van der Waals surface area contributed by atoms with Gasteiger partial charge in [-0.2, -0.15) is 0 Å². The minimum absolute atomic E-state index is 0.325. The average molecular weight is 368 g/mol. The normalized spacial score (nSPS) is 11.8. The van der Waals surface area contributed by atoms with Crippen LogP contribution < -0.4 is 5.76 Å². The fourth-order valence-electron chi connectivity index (χ4n) is 2.90. The van der Waals surface area contributed by atoms with Crippen molar-refractivity contribution >= 4 is 49.4 Å². The molecule has 0 saturated carbocycles. The van der Waals surface area contributed by atoms with Gasteiger partial charge in [0.1, 0.15) is 0 Å². The molecule has 0 bridgehead atoms. The fraction of sp³-hybridized carbons (Fsp3) is 0.118. The molecule has 2 aromatic carbocycles. The summed E-state index contributed by atoms with van der Waals surface area (Å²) in [5.41, 5.74) is 2.55. The largest absolute Gasteiger partial charge is 0.419 e. The molecule has 5 aromatic rings. The third-order valence-electron chi connectivity index (χ3n) is 4.03. The van der Waals surface area contributed by atoms with E-state index in [1.165, 1.54) is 4.70 Å². The topological polar surface area (TPSA) is 65.3 Å². The zero-order valence-electron chi connectivity index (χ0n) is 13.0. The van der Waals surface area contributed by atoms with Crippen LogP contribution in [0.1, 0.15) is 0 Å². The number of benzene rings is 2. The van der Waals surface area contributed by atoms with Crippen LogP contribution >= 0.6 is 23.1 Å². The molecule has 0 atom stereocenters. The molecular formula is C17H12N4O2S2. The van der Waals surface area contributed by atoms with Crippen molar-refractivity contribution < 1.29 is 4.42 Å². The first kappa shape index (κ1) is 14.7. The third kappa shape index (κ3) is 2.37. The SMILES string of the molecule is O=c1oc2ccccc2n1CCSc1nnc2sc3ccccc3n12. The van der Waals surface area contributed by atoms with Crippen LogP contribution in [0.4, 0.5) is 0 Å². The number of hydrogen-bond acceptors (Lipinski definition) is 6. The predicted molar refractivity (Wildman–Crippen MR) is 99.6 cm³/mol. The van der Waals surface area contributed by atoms with E-state index in [4.69, 9.17) is 4.42 Å². The van der Waals surface area contributed by atoms with Gasteiger partial charge in [-0.25, -0.2) is 4.79 Å². The quantitative estimate of drug-likeness (QED) is 0.453. The molecule has 8 heteroatoms. The Hall–Kier alpha value is -2.58. The van der Waals surface area contributed by atoms with Gasteiger partial charge in [-0.1, -0.05) is 47.4 Å². The van der Waals surface area contributed by atoms with E-state index in [-0.39, 0.29) is 5.76 Å². The molecule has 0 fully saturated rings. The monoisotopic (exact) mass is 368 g/mol. The molecule has 0 aliphatic rings. The summed E-state index contributed by atoms with van der Waals surface area (Å²) in [6, 6.07) is 15.7. The van der Waals surface area contributed by atoms with Crippen LogP contribution in [0.2, 0.25) is 0 Å². The summed E-state index contributed by atoms with van der Waals surface area (Å²) in [4.78, 5) is 12.9. The Bertz CT molecular complexity index is 1260. The van der Waals surface area contributed by atoms with Crippen LogP contribution in [0, 0.1) is 0 Å². The van der Waals surface area contributed by atoms with E-state index in [1.54, 1.807) is 33.7 Å². The minimum atomic E-state index is -0.325. The highest BCUT2D eigenvalue weighted by Crippen LogP contribution is 2.29. The van der Waals surface area contributed by atoms with E-state index in [1.807, 2.05) is 30.3 Å². The Kier molecular flexibility index (Phi) is 3.39. The third-order valence-corrected chi connectivity index (χ3v) is 5.95. The summed E-state index contributed by atoms with van der Waals surface area (Å²) in [5, 5.41) is 9.39. The molecule has 0 N–H and O–H groups in total. The minimum Gasteiger partial charge on any atom is -0.408 e. The van der Waals surface area contributed by atoms with Gasteiger partial charge in [0.05, 0.1) is 15.7 Å². The van der Waals surface area contributed by atoms with Gasteiger partial charge in [-0.15, -0.1) is 10.2 Å².